The molecular weight excluding hydrogens is 508 g/mol. The first-order valence-electron chi connectivity index (χ1n) is 13.0. The molecule has 0 aromatic heterocycles. The lowest BCUT2D eigenvalue weighted by Gasteiger charge is -2.44. The number of aryl methyl sites for hydroxylation is 1. The molecule has 0 saturated carbocycles. The van der Waals surface area contributed by atoms with E-state index in [4.69, 9.17) is 13.3 Å². The Labute approximate surface area is 223 Å². The lowest BCUT2D eigenvalue weighted by molar-refractivity contribution is -0.121. The van der Waals surface area contributed by atoms with Crippen LogP contribution in [-0.4, -0.2) is 57.7 Å². The third-order valence-corrected chi connectivity index (χ3v) is 15.0. The largest absolute Gasteiger partial charge is 0.389 e. The molecule has 1 heterocycles. The lowest BCUT2D eigenvalue weighted by atomic mass is 9.89. The maximum Gasteiger partial charge on any atom is 0.297 e. The van der Waals surface area contributed by atoms with Crippen molar-refractivity contribution in [3.63, 3.8) is 0 Å². The zero-order valence-electron chi connectivity index (χ0n) is 22.9. The molecule has 2 N–H and O–H groups in total. The van der Waals surface area contributed by atoms with Crippen LogP contribution in [0.5, 0.6) is 0 Å². The topological polar surface area (TPSA) is 102 Å². The van der Waals surface area contributed by atoms with E-state index in [0.717, 1.165) is 11.1 Å². The van der Waals surface area contributed by atoms with Gasteiger partial charge in [0.15, 0.2) is 6.29 Å². The number of hydrogen-bond donors (Lipinski definition) is 2. The SMILES string of the molecule is Cc1ccc(S(=O)(=O)OC[C@]2(O)[C@@H](Cc3ccccc3)O[C@@H](O[Si](C(C)C)(C(C)C)C(C)C)[C@@H]2O)cc1. The highest BCUT2D eigenvalue weighted by molar-refractivity contribution is 7.86. The first-order valence-corrected chi connectivity index (χ1v) is 16.5. The zero-order valence-corrected chi connectivity index (χ0v) is 24.7. The Kier molecular flexibility index (Phi) is 9.43. The van der Waals surface area contributed by atoms with Gasteiger partial charge in [0, 0.05) is 6.42 Å². The van der Waals surface area contributed by atoms with Gasteiger partial charge >= 0.3 is 0 Å². The van der Waals surface area contributed by atoms with Crippen molar-refractivity contribution in [3.05, 3.63) is 65.7 Å². The number of hydrogen-bond acceptors (Lipinski definition) is 7. The van der Waals surface area contributed by atoms with Gasteiger partial charge < -0.3 is 19.4 Å². The van der Waals surface area contributed by atoms with Crippen LogP contribution in [0.15, 0.2) is 59.5 Å². The predicted molar refractivity (Wildman–Crippen MR) is 146 cm³/mol. The molecule has 0 radical (unpaired) electrons. The van der Waals surface area contributed by atoms with Crippen molar-refractivity contribution in [1.82, 2.24) is 0 Å². The van der Waals surface area contributed by atoms with Gasteiger partial charge in [-0.25, -0.2) is 0 Å². The molecule has 37 heavy (non-hydrogen) atoms. The Morgan fingerprint density at radius 1 is 0.946 bits per heavy atom. The summed E-state index contributed by atoms with van der Waals surface area (Å²) in [4.78, 5) is -0.0200. The van der Waals surface area contributed by atoms with Crippen LogP contribution < -0.4 is 0 Å². The number of aliphatic hydroxyl groups excluding tert-OH is 1. The van der Waals surface area contributed by atoms with Gasteiger partial charge in [0.25, 0.3) is 10.1 Å². The summed E-state index contributed by atoms with van der Waals surface area (Å²) in [6.45, 7) is 13.9. The highest BCUT2D eigenvalue weighted by Gasteiger charge is 2.59. The van der Waals surface area contributed by atoms with E-state index < -0.39 is 49.1 Å². The van der Waals surface area contributed by atoms with E-state index in [1.54, 1.807) is 12.1 Å². The van der Waals surface area contributed by atoms with Crippen molar-refractivity contribution in [3.8, 4) is 0 Å². The molecule has 0 bridgehead atoms. The molecule has 1 aliphatic rings. The molecule has 1 aliphatic heterocycles. The Balaban J connectivity index is 1.93. The Bertz CT molecular complexity index is 1100. The summed E-state index contributed by atoms with van der Waals surface area (Å²) in [5, 5.41) is 23.2. The van der Waals surface area contributed by atoms with Crippen molar-refractivity contribution in [2.45, 2.75) is 101 Å². The van der Waals surface area contributed by atoms with E-state index in [0.29, 0.717) is 0 Å². The Morgan fingerprint density at radius 2 is 1.49 bits per heavy atom. The van der Waals surface area contributed by atoms with Crippen molar-refractivity contribution in [2.24, 2.45) is 0 Å². The van der Waals surface area contributed by atoms with Crippen LogP contribution in [0.1, 0.15) is 52.7 Å². The average Bonchev–Trinajstić information content (AvgIpc) is 3.06. The summed E-state index contributed by atoms with van der Waals surface area (Å²) in [6.07, 6.45) is -3.30. The van der Waals surface area contributed by atoms with Gasteiger partial charge in [-0.1, -0.05) is 89.6 Å². The van der Waals surface area contributed by atoms with Gasteiger partial charge in [-0.05, 0) is 41.2 Å². The van der Waals surface area contributed by atoms with Crippen molar-refractivity contribution >= 4 is 18.4 Å². The number of benzene rings is 2. The zero-order chi connectivity index (χ0) is 27.6. The number of ether oxygens (including phenoxy) is 1. The van der Waals surface area contributed by atoms with Crippen LogP contribution in [0.3, 0.4) is 0 Å². The summed E-state index contributed by atoms with van der Waals surface area (Å²) in [5.41, 5.74) is 0.449. The van der Waals surface area contributed by atoms with E-state index >= 15 is 0 Å². The molecule has 2 aromatic rings. The second kappa shape index (κ2) is 11.7. The van der Waals surface area contributed by atoms with Gasteiger partial charge in [0.05, 0.1) is 11.0 Å². The first kappa shape index (κ1) is 30.0. The van der Waals surface area contributed by atoms with E-state index in [2.05, 4.69) is 41.5 Å². The van der Waals surface area contributed by atoms with Crippen LogP contribution in [0.25, 0.3) is 0 Å². The average molecular weight is 551 g/mol. The molecule has 9 heteroatoms. The molecule has 206 valence electrons. The smallest absolute Gasteiger partial charge is 0.297 e. The minimum atomic E-state index is -4.17. The monoisotopic (exact) mass is 550 g/mol. The van der Waals surface area contributed by atoms with E-state index in [-0.39, 0.29) is 27.9 Å². The standard InChI is InChI=1S/C28H42O7SSi/c1-19(2)37(20(3)4,21(5)6)35-27-26(29)28(30,25(34-27)17-23-11-9-8-10-12-23)18-33-36(31,32)24-15-13-22(7)14-16-24/h8-16,19-21,25-27,29-30H,17-18H2,1-7H3/t25-,26+,27+,28+/m1/s1. The third-order valence-electron chi connectivity index (χ3n) is 7.67. The maximum atomic E-state index is 12.9. The second-order valence-corrected chi connectivity index (χ2v) is 18.1. The number of rotatable bonds is 11. The van der Waals surface area contributed by atoms with Gasteiger partial charge in [-0.3, -0.25) is 4.18 Å². The van der Waals surface area contributed by atoms with Gasteiger partial charge in [0.2, 0.25) is 8.32 Å². The molecule has 1 fully saturated rings. The van der Waals surface area contributed by atoms with Crippen LogP contribution in [-0.2, 0) is 29.9 Å². The minimum absolute atomic E-state index is 0.0200. The summed E-state index contributed by atoms with van der Waals surface area (Å²) in [5.74, 6) is 0. The third kappa shape index (κ3) is 6.19. The molecule has 0 amide bonds. The second-order valence-electron chi connectivity index (χ2n) is 11.1. The highest BCUT2D eigenvalue weighted by atomic mass is 32.2. The predicted octanol–water partition coefficient (Wildman–Crippen LogP) is 4.95. The van der Waals surface area contributed by atoms with Crippen molar-refractivity contribution in [1.29, 1.82) is 0 Å². The molecule has 4 atom stereocenters. The molecule has 2 aromatic carbocycles. The van der Waals surface area contributed by atoms with Gasteiger partial charge in [-0.2, -0.15) is 8.42 Å². The van der Waals surface area contributed by atoms with Crippen LogP contribution in [0, 0.1) is 6.92 Å². The van der Waals surface area contributed by atoms with E-state index in [1.807, 2.05) is 37.3 Å². The molecule has 3 rings (SSSR count). The van der Waals surface area contributed by atoms with Gasteiger partial charge in [0.1, 0.15) is 18.3 Å². The lowest BCUT2D eigenvalue weighted by Crippen LogP contribution is -2.56. The van der Waals surface area contributed by atoms with Crippen LogP contribution in [0.2, 0.25) is 16.6 Å². The van der Waals surface area contributed by atoms with Crippen LogP contribution >= 0.6 is 0 Å². The van der Waals surface area contributed by atoms with E-state index in [9.17, 15) is 18.6 Å². The Morgan fingerprint density at radius 3 is 2.00 bits per heavy atom. The molecule has 7 nitrogen and oxygen atoms in total. The van der Waals surface area contributed by atoms with Gasteiger partial charge in [-0.15, -0.1) is 0 Å². The number of aliphatic hydroxyl groups is 2. The normalized spacial score (nSPS) is 24.9. The quantitative estimate of drug-likeness (QED) is 0.301. The Hall–Kier alpha value is -1.59. The van der Waals surface area contributed by atoms with Crippen LogP contribution in [0.4, 0.5) is 0 Å². The fraction of sp³-hybridized carbons (Fsp3) is 0.571. The first-order chi connectivity index (χ1) is 17.2. The minimum Gasteiger partial charge on any atom is -0.389 e. The maximum absolute atomic E-state index is 12.9. The summed E-state index contributed by atoms with van der Waals surface area (Å²) in [7, 11) is -6.67. The molecule has 1 saturated heterocycles. The fourth-order valence-corrected chi connectivity index (χ4v) is 12.0. The molecule has 0 unspecified atom stereocenters. The summed E-state index contributed by atoms with van der Waals surface area (Å²) < 4.78 is 44.1. The highest BCUT2D eigenvalue weighted by Crippen LogP contribution is 2.46. The fourth-order valence-electron chi connectivity index (χ4n) is 5.66. The molecule has 0 aliphatic carbocycles. The molecule has 0 spiro atoms. The summed E-state index contributed by atoms with van der Waals surface area (Å²) >= 11 is 0. The van der Waals surface area contributed by atoms with Crippen molar-refractivity contribution < 1.29 is 32.0 Å². The van der Waals surface area contributed by atoms with E-state index in [1.165, 1.54) is 12.1 Å². The summed E-state index contributed by atoms with van der Waals surface area (Å²) in [6, 6.07) is 15.7. The van der Waals surface area contributed by atoms with Crippen molar-refractivity contribution in [2.75, 3.05) is 6.61 Å². The molecular formula is C28H42O7SSi.